The van der Waals surface area contributed by atoms with E-state index in [2.05, 4.69) is 182 Å². The van der Waals surface area contributed by atoms with Crippen molar-refractivity contribution in [2.24, 2.45) is 0 Å². The van der Waals surface area contributed by atoms with Gasteiger partial charge in [-0.25, -0.2) is 0 Å². The van der Waals surface area contributed by atoms with Gasteiger partial charge in [0.2, 0.25) is 0 Å². The summed E-state index contributed by atoms with van der Waals surface area (Å²) in [4.78, 5) is 0. The summed E-state index contributed by atoms with van der Waals surface area (Å²) in [5.74, 6) is 0. The van der Waals surface area contributed by atoms with Crippen molar-refractivity contribution < 1.29 is 12.7 Å². The van der Waals surface area contributed by atoms with Gasteiger partial charge in [-0.1, -0.05) is 109 Å². The van der Waals surface area contributed by atoms with Crippen molar-refractivity contribution in [1.82, 2.24) is 0 Å². The van der Waals surface area contributed by atoms with Crippen molar-refractivity contribution in [3.05, 3.63) is 182 Å². The molecule has 0 saturated carbocycles. The Morgan fingerprint density at radius 3 is 0.636 bits per heavy atom. The molecule has 5 heteroatoms. The molecule has 0 radical (unpaired) electrons. The minimum Gasteiger partial charge on any atom is -0.0620 e. The molecule has 0 aliphatic carbocycles. The molecule has 0 saturated heterocycles. The zero-order valence-corrected chi connectivity index (χ0v) is 28.7. The van der Waals surface area contributed by atoms with Crippen LogP contribution in [0.2, 0.25) is 0 Å². The van der Waals surface area contributed by atoms with E-state index in [0.717, 1.165) is 18.7 Å². The molecule has 0 atom stereocenters. The Balaban J connectivity index is 0.00000123. The van der Waals surface area contributed by atoms with Gasteiger partial charge in [-0.05, 0) is 72.8 Å². The molecule has 6 aromatic rings. The van der Waals surface area contributed by atoms with Gasteiger partial charge in [0.1, 0.15) is 46.4 Å². The Morgan fingerprint density at radius 2 is 0.477 bits per heavy atom. The summed E-state index contributed by atoms with van der Waals surface area (Å²) < 4.78 is 0. The van der Waals surface area contributed by atoms with Crippen molar-refractivity contribution in [3.63, 3.8) is 0 Å². The van der Waals surface area contributed by atoms with Crippen LogP contribution in [0, 0.1) is 0 Å². The average Bonchev–Trinajstić information content (AvgIpc) is 3.11. The Hall–Kier alpha value is -2.75. The van der Waals surface area contributed by atoms with Crippen LogP contribution in [0.3, 0.4) is 0 Å². The van der Waals surface area contributed by atoms with E-state index < -0.39 is 14.5 Å². The fourth-order valence-electron chi connectivity index (χ4n) is 6.31. The Labute approximate surface area is 278 Å². The van der Waals surface area contributed by atoms with Gasteiger partial charge in [-0.15, -0.1) is 0 Å². The third-order valence-electron chi connectivity index (χ3n) is 8.17. The molecular weight excluding hydrogens is 660 g/mol. The van der Waals surface area contributed by atoms with Gasteiger partial charge in [0, 0.05) is 6.42 Å². The SMILES string of the molecule is [Cl][Ni][Cl].c1ccc([P+](CCC[P+](c2ccccc2)(c2ccccc2)c2ccccc2)(c2ccccc2)c2ccccc2)cc1. The quantitative estimate of drug-likeness (QED) is 0.0994. The van der Waals surface area contributed by atoms with Gasteiger partial charge < -0.3 is 0 Å². The predicted octanol–water partition coefficient (Wildman–Crippen LogP) is 8.74. The second kappa shape index (κ2) is 16.5. The summed E-state index contributed by atoms with van der Waals surface area (Å²) in [7, 11) is 5.61. The molecule has 0 bridgehead atoms. The maximum atomic E-state index is 4.70. The van der Waals surface area contributed by atoms with Crippen molar-refractivity contribution in [2.75, 3.05) is 12.3 Å². The van der Waals surface area contributed by atoms with Gasteiger partial charge in [-0.2, -0.15) is 0 Å². The molecule has 0 fully saturated rings. The van der Waals surface area contributed by atoms with Crippen LogP contribution in [0.5, 0.6) is 0 Å². The number of hydrogen-bond acceptors (Lipinski definition) is 0. The Bertz CT molecular complexity index is 1340. The molecule has 0 nitrogen and oxygen atoms in total. The molecule has 0 aromatic heterocycles. The largest absolute Gasteiger partial charge is 0.112 e. The van der Waals surface area contributed by atoms with Crippen LogP contribution in [-0.2, 0) is 12.7 Å². The van der Waals surface area contributed by atoms with E-state index in [4.69, 9.17) is 20.4 Å². The number of rotatable bonds is 10. The molecule has 0 heterocycles. The van der Waals surface area contributed by atoms with E-state index in [1.807, 2.05) is 0 Å². The van der Waals surface area contributed by atoms with Crippen LogP contribution in [0.1, 0.15) is 6.42 Å². The smallest absolute Gasteiger partial charge is 0.0620 e. The summed E-state index contributed by atoms with van der Waals surface area (Å²) in [5.41, 5.74) is 0. The van der Waals surface area contributed by atoms with E-state index in [0.29, 0.717) is 12.7 Å². The molecule has 6 rings (SSSR count). The van der Waals surface area contributed by atoms with Crippen molar-refractivity contribution in [3.8, 4) is 0 Å². The van der Waals surface area contributed by atoms with Crippen molar-refractivity contribution in [2.45, 2.75) is 6.42 Å². The van der Waals surface area contributed by atoms with Crippen LogP contribution in [0.15, 0.2) is 182 Å². The monoisotopic (exact) mass is 694 g/mol. The summed E-state index contributed by atoms with van der Waals surface area (Å²) >= 11 is 0.569. The topological polar surface area (TPSA) is 0 Å². The third kappa shape index (κ3) is 7.21. The van der Waals surface area contributed by atoms with Crippen LogP contribution in [0.25, 0.3) is 0 Å². The number of hydrogen-bond donors (Lipinski definition) is 0. The molecule has 0 amide bonds. The van der Waals surface area contributed by atoms with Gasteiger partial charge in [-0.3, -0.25) is 0 Å². The predicted molar refractivity (Wildman–Crippen MR) is 196 cm³/mol. The minimum atomic E-state index is -1.90. The summed E-state index contributed by atoms with van der Waals surface area (Å²) in [6.45, 7) is 0. The first-order valence-electron chi connectivity index (χ1n) is 14.7. The molecule has 0 aliphatic rings. The summed E-state index contributed by atoms with van der Waals surface area (Å²) in [5, 5.41) is 8.75. The normalized spacial score (nSPS) is 11.4. The molecular formula is C39H36Cl2NiP2+2. The zero-order valence-electron chi connectivity index (χ0n) is 24.4. The minimum absolute atomic E-state index is 0.569. The van der Waals surface area contributed by atoms with Gasteiger partial charge in [0.05, 0.1) is 12.3 Å². The molecule has 0 aliphatic heterocycles. The summed E-state index contributed by atoms with van der Waals surface area (Å²) in [6.07, 6.45) is 3.37. The fraction of sp³-hybridized carbons (Fsp3) is 0.0769. The standard InChI is InChI=1S/C39H36P2.2ClH.Ni/c1-7-20-34(21-8-1)40(35-22-9-2-10-23-35,36-24-11-3-12-25-36)32-19-33-41(37-26-13-4-14-27-37,38-28-15-5-16-29-38)39-30-17-6-18-31-39;;;/h1-18,20-31H,19,32-33H2;2*1H;/q+2;;;+2/p-2. The molecule has 0 spiro atoms. The fourth-order valence-corrected chi connectivity index (χ4v) is 15.2. The number of benzene rings is 6. The molecule has 0 N–H and O–H groups in total. The first kappa shape index (κ1) is 32.6. The maximum absolute atomic E-state index is 4.70. The van der Waals surface area contributed by atoms with Crippen LogP contribution in [-0.4, -0.2) is 12.3 Å². The molecule has 6 aromatic carbocycles. The summed E-state index contributed by atoms with van der Waals surface area (Å²) in [6, 6.07) is 67.8. The van der Waals surface area contributed by atoms with Crippen molar-refractivity contribution >= 4 is 66.7 Å². The maximum Gasteiger partial charge on any atom is 0.112 e. The van der Waals surface area contributed by atoms with Crippen molar-refractivity contribution in [1.29, 1.82) is 0 Å². The second-order valence-corrected chi connectivity index (χ2v) is 19.3. The average molecular weight is 696 g/mol. The van der Waals surface area contributed by atoms with E-state index in [1.165, 1.54) is 31.8 Å². The first-order chi connectivity index (χ1) is 21.8. The molecule has 0 unspecified atom stereocenters. The van der Waals surface area contributed by atoms with Gasteiger partial charge in [0.15, 0.2) is 0 Å². The second-order valence-electron chi connectivity index (χ2n) is 10.5. The first-order valence-corrected chi connectivity index (χ1v) is 21.3. The van der Waals surface area contributed by atoms with E-state index >= 15 is 0 Å². The number of halogens is 2. The Kier molecular flexibility index (Phi) is 12.3. The molecule has 224 valence electrons. The van der Waals surface area contributed by atoms with E-state index in [-0.39, 0.29) is 0 Å². The third-order valence-corrected chi connectivity index (χ3v) is 17.2. The molecule has 44 heavy (non-hydrogen) atoms. The van der Waals surface area contributed by atoms with Gasteiger partial charge >= 0.3 is 33.0 Å². The zero-order chi connectivity index (χ0) is 30.5. The van der Waals surface area contributed by atoms with Crippen LogP contribution in [0.4, 0.5) is 0 Å². The Morgan fingerprint density at radius 1 is 0.318 bits per heavy atom. The van der Waals surface area contributed by atoms with E-state index in [1.54, 1.807) is 0 Å². The van der Waals surface area contributed by atoms with E-state index in [9.17, 15) is 0 Å². The van der Waals surface area contributed by atoms with Gasteiger partial charge in [0.25, 0.3) is 0 Å². The van der Waals surface area contributed by atoms with Crippen LogP contribution >= 0.6 is 34.9 Å². The van der Waals surface area contributed by atoms with Crippen LogP contribution < -0.4 is 31.8 Å².